The number of amides is 1. The topological polar surface area (TPSA) is 95.6 Å². The SMILES string of the molecule is CC(=O)Nc1cnc2[nH]cc(Cc3ccc(NCc4cnccc4C(F)(F)F)nc3F)c2c1. The summed E-state index contributed by atoms with van der Waals surface area (Å²) in [7, 11) is 0. The molecule has 4 aromatic rings. The molecule has 0 spiro atoms. The van der Waals surface area contributed by atoms with Crippen molar-refractivity contribution in [3.8, 4) is 0 Å². The minimum absolute atomic E-state index is 0.0717. The number of H-pyrrole nitrogens is 1. The first kappa shape index (κ1) is 22.2. The molecule has 0 unspecified atom stereocenters. The lowest BCUT2D eigenvalue weighted by Gasteiger charge is -2.13. The molecule has 11 heteroatoms. The Labute approximate surface area is 185 Å². The Kier molecular flexibility index (Phi) is 5.95. The maximum atomic E-state index is 14.7. The third-order valence-corrected chi connectivity index (χ3v) is 4.91. The number of nitrogens with zero attached hydrogens (tertiary/aromatic N) is 3. The van der Waals surface area contributed by atoms with E-state index in [1.807, 2.05) is 0 Å². The van der Waals surface area contributed by atoms with Gasteiger partial charge in [0.15, 0.2) is 0 Å². The maximum Gasteiger partial charge on any atom is 0.416 e. The molecule has 0 fully saturated rings. The van der Waals surface area contributed by atoms with Crippen molar-refractivity contribution < 1.29 is 22.4 Å². The van der Waals surface area contributed by atoms with E-state index in [1.165, 1.54) is 25.3 Å². The predicted molar refractivity (Wildman–Crippen MR) is 114 cm³/mol. The van der Waals surface area contributed by atoms with Gasteiger partial charge in [-0.3, -0.25) is 9.78 Å². The molecule has 0 radical (unpaired) electrons. The Bertz CT molecular complexity index is 1320. The number of alkyl halides is 3. The summed E-state index contributed by atoms with van der Waals surface area (Å²) >= 11 is 0. The van der Waals surface area contributed by atoms with E-state index in [4.69, 9.17) is 0 Å². The fourth-order valence-electron chi connectivity index (χ4n) is 3.40. The van der Waals surface area contributed by atoms with E-state index in [0.717, 1.165) is 29.4 Å². The summed E-state index contributed by atoms with van der Waals surface area (Å²) in [6.07, 6.45) is 1.07. The molecule has 7 nitrogen and oxygen atoms in total. The van der Waals surface area contributed by atoms with Crippen molar-refractivity contribution in [2.75, 3.05) is 10.6 Å². The highest BCUT2D eigenvalue weighted by Crippen LogP contribution is 2.31. The van der Waals surface area contributed by atoms with Crippen molar-refractivity contribution in [2.24, 2.45) is 0 Å². The predicted octanol–water partition coefficient (Wildman–Crippen LogP) is 4.67. The number of rotatable bonds is 6. The number of carbonyl (C=O) groups is 1. The largest absolute Gasteiger partial charge is 0.416 e. The van der Waals surface area contributed by atoms with Crippen LogP contribution in [0.4, 0.5) is 29.1 Å². The van der Waals surface area contributed by atoms with Crippen LogP contribution in [-0.4, -0.2) is 25.8 Å². The molecule has 0 bridgehead atoms. The zero-order chi connectivity index (χ0) is 23.6. The fraction of sp³-hybridized carbons (Fsp3) is 0.182. The average molecular weight is 458 g/mol. The lowest BCUT2D eigenvalue weighted by Crippen LogP contribution is -2.13. The standard InChI is InChI=1S/C22H18F4N6O/c1-12(33)31-16-7-17-14(9-29-21(17)30-11-16)6-13-2-3-19(32-20(13)23)28-10-15-8-27-5-4-18(15)22(24,25)26/h2-5,7-9,11H,6,10H2,1H3,(H,28,32)(H,29,30)(H,31,33). The first-order chi connectivity index (χ1) is 15.7. The molecule has 0 aliphatic heterocycles. The Morgan fingerprint density at radius 1 is 1.12 bits per heavy atom. The highest BCUT2D eigenvalue weighted by Gasteiger charge is 2.33. The number of anilines is 2. The average Bonchev–Trinajstić information content (AvgIpc) is 3.15. The van der Waals surface area contributed by atoms with Gasteiger partial charge in [-0.2, -0.15) is 17.6 Å². The lowest BCUT2D eigenvalue weighted by atomic mass is 10.1. The van der Waals surface area contributed by atoms with Crippen LogP contribution in [0.1, 0.15) is 29.2 Å². The van der Waals surface area contributed by atoms with E-state index in [-0.39, 0.29) is 30.3 Å². The van der Waals surface area contributed by atoms with Crippen LogP contribution < -0.4 is 10.6 Å². The van der Waals surface area contributed by atoms with Gasteiger partial charge >= 0.3 is 6.18 Å². The van der Waals surface area contributed by atoms with E-state index in [1.54, 1.807) is 12.3 Å². The highest BCUT2D eigenvalue weighted by molar-refractivity contribution is 5.92. The van der Waals surface area contributed by atoms with Crippen molar-refractivity contribution in [1.82, 2.24) is 19.9 Å². The second-order valence-corrected chi connectivity index (χ2v) is 7.32. The summed E-state index contributed by atoms with van der Waals surface area (Å²) in [5.74, 6) is -0.885. The van der Waals surface area contributed by atoms with Crippen molar-refractivity contribution in [3.63, 3.8) is 0 Å². The summed E-state index contributed by atoms with van der Waals surface area (Å²) in [6, 6.07) is 5.64. The van der Waals surface area contributed by atoms with Gasteiger partial charge in [-0.15, -0.1) is 0 Å². The van der Waals surface area contributed by atoms with Gasteiger partial charge in [0.05, 0.1) is 17.4 Å². The molecule has 4 aromatic heterocycles. The Balaban J connectivity index is 1.50. The summed E-state index contributed by atoms with van der Waals surface area (Å²) in [6.45, 7) is 1.17. The summed E-state index contributed by atoms with van der Waals surface area (Å²) in [4.78, 5) is 26.1. The smallest absolute Gasteiger partial charge is 0.366 e. The Morgan fingerprint density at radius 2 is 1.94 bits per heavy atom. The van der Waals surface area contributed by atoms with Crippen LogP contribution in [0.25, 0.3) is 11.0 Å². The van der Waals surface area contributed by atoms with E-state index in [0.29, 0.717) is 16.9 Å². The van der Waals surface area contributed by atoms with E-state index >= 15 is 0 Å². The van der Waals surface area contributed by atoms with Gasteiger partial charge in [-0.05, 0) is 23.8 Å². The number of fused-ring (bicyclic) bond motifs is 1. The lowest BCUT2D eigenvalue weighted by molar-refractivity contribution is -0.138. The Morgan fingerprint density at radius 3 is 2.67 bits per heavy atom. The van der Waals surface area contributed by atoms with E-state index < -0.39 is 17.7 Å². The second kappa shape index (κ2) is 8.85. The van der Waals surface area contributed by atoms with Gasteiger partial charge in [0, 0.05) is 55.0 Å². The number of hydrogen-bond acceptors (Lipinski definition) is 5. The minimum Gasteiger partial charge on any atom is -0.366 e. The van der Waals surface area contributed by atoms with Crippen LogP contribution in [0.15, 0.2) is 49.1 Å². The van der Waals surface area contributed by atoms with Crippen molar-refractivity contribution in [2.45, 2.75) is 26.1 Å². The number of aromatic nitrogens is 4. The molecular weight excluding hydrogens is 440 g/mol. The van der Waals surface area contributed by atoms with Gasteiger partial charge in [-0.25, -0.2) is 9.97 Å². The third kappa shape index (κ3) is 5.08. The molecule has 170 valence electrons. The van der Waals surface area contributed by atoms with E-state index in [9.17, 15) is 22.4 Å². The minimum atomic E-state index is -4.52. The third-order valence-electron chi connectivity index (χ3n) is 4.91. The maximum absolute atomic E-state index is 14.7. The number of halogens is 4. The summed E-state index contributed by atoms with van der Waals surface area (Å²) < 4.78 is 54.0. The number of nitrogens with one attached hydrogen (secondary N) is 3. The van der Waals surface area contributed by atoms with Crippen LogP contribution in [-0.2, 0) is 23.9 Å². The molecule has 1 amide bonds. The van der Waals surface area contributed by atoms with Gasteiger partial charge in [0.25, 0.3) is 0 Å². The number of pyridine rings is 3. The van der Waals surface area contributed by atoms with Crippen LogP contribution in [0.2, 0.25) is 0 Å². The Hall–Kier alpha value is -4.02. The van der Waals surface area contributed by atoms with Gasteiger partial charge in [0.2, 0.25) is 11.9 Å². The van der Waals surface area contributed by atoms with E-state index in [2.05, 4.69) is 30.6 Å². The summed E-state index contributed by atoms with van der Waals surface area (Å²) in [5.41, 5.74) is 1.26. The summed E-state index contributed by atoms with van der Waals surface area (Å²) in [5, 5.41) is 6.08. The fourth-order valence-corrected chi connectivity index (χ4v) is 3.40. The van der Waals surface area contributed by atoms with Crippen LogP contribution in [0.3, 0.4) is 0 Å². The zero-order valence-electron chi connectivity index (χ0n) is 17.3. The molecule has 4 rings (SSSR count). The molecule has 33 heavy (non-hydrogen) atoms. The molecule has 0 saturated heterocycles. The van der Waals surface area contributed by atoms with Crippen LogP contribution >= 0.6 is 0 Å². The number of aromatic amines is 1. The van der Waals surface area contributed by atoms with Gasteiger partial charge in [0.1, 0.15) is 11.5 Å². The molecule has 0 aromatic carbocycles. The second-order valence-electron chi connectivity index (χ2n) is 7.32. The number of hydrogen-bond donors (Lipinski definition) is 3. The van der Waals surface area contributed by atoms with Gasteiger partial charge in [-0.1, -0.05) is 6.07 Å². The van der Waals surface area contributed by atoms with Crippen molar-refractivity contribution >= 4 is 28.4 Å². The molecule has 3 N–H and O–H groups in total. The van der Waals surface area contributed by atoms with Crippen LogP contribution in [0, 0.1) is 5.95 Å². The molecule has 0 aliphatic rings. The first-order valence-corrected chi connectivity index (χ1v) is 9.83. The van der Waals surface area contributed by atoms with Crippen molar-refractivity contribution in [1.29, 1.82) is 0 Å². The van der Waals surface area contributed by atoms with Crippen molar-refractivity contribution in [3.05, 3.63) is 77.3 Å². The molecule has 0 atom stereocenters. The molecule has 4 heterocycles. The first-order valence-electron chi connectivity index (χ1n) is 9.83. The zero-order valence-corrected chi connectivity index (χ0v) is 17.3. The molecule has 0 saturated carbocycles. The normalized spacial score (nSPS) is 11.5. The highest BCUT2D eigenvalue weighted by atomic mass is 19.4. The monoisotopic (exact) mass is 458 g/mol. The molecule has 0 aliphatic carbocycles. The number of carbonyl (C=O) groups excluding carboxylic acids is 1. The molecular formula is C22H18F4N6O. The quantitative estimate of drug-likeness (QED) is 0.288. The van der Waals surface area contributed by atoms with Crippen LogP contribution in [0.5, 0.6) is 0 Å². The van der Waals surface area contributed by atoms with Gasteiger partial charge < -0.3 is 15.6 Å².